The zero-order valence-electron chi connectivity index (χ0n) is 10.1. The largest absolute Gasteiger partial charge is 0.491 e. The number of esters is 1. The molecule has 2 rings (SSSR count). The van der Waals surface area contributed by atoms with Crippen LogP contribution in [-0.4, -0.2) is 19.7 Å². The first-order chi connectivity index (χ1) is 8.15. The van der Waals surface area contributed by atoms with Gasteiger partial charge in [0, 0.05) is 11.5 Å². The van der Waals surface area contributed by atoms with Crippen LogP contribution in [0.25, 0.3) is 0 Å². The molecule has 1 aromatic rings. The Morgan fingerprint density at radius 2 is 2.35 bits per heavy atom. The molecular formula is C13H17NO3. The molecule has 17 heavy (non-hydrogen) atoms. The summed E-state index contributed by atoms with van der Waals surface area (Å²) in [5, 5.41) is 0. The van der Waals surface area contributed by atoms with E-state index in [2.05, 4.69) is 0 Å². The zero-order chi connectivity index (χ0) is 12.4. The smallest absolute Gasteiger partial charge is 0.308 e. The highest BCUT2D eigenvalue weighted by atomic mass is 16.5. The number of hydrogen-bond acceptors (Lipinski definition) is 4. The van der Waals surface area contributed by atoms with Gasteiger partial charge in [-0.3, -0.25) is 4.79 Å². The van der Waals surface area contributed by atoms with Crippen LogP contribution in [0.5, 0.6) is 5.75 Å². The Morgan fingerprint density at radius 1 is 1.59 bits per heavy atom. The van der Waals surface area contributed by atoms with Gasteiger partial charge in [0.25, 0.3) is 0 Å². The van der Waals surface area contributed by atoms with Crippen LogP contribution in [0.4, 0.5) is 5.69 Å². The van der Waals surface area contributed by atoms with Gasteiger partial charge in [-0.05, 0) is 12.5 Å². The molecule has 0 radical (unpaired) electrons. The fraction of sp³-hybridized carbons (Fsp3) is 0.462. The van der Waals surface area contributed by atoms with Gasteiger partial charge in [-0.25, -0.2) is 0 Å². The highest BCUT2D eigenvalue weighted by Gasteiger charge is 2.31. The number of ether oxygens (including phenoxy) is 2. The third kappa shape index (κ3) is 2.07. The van der Waals surface area contributed by atoms with E-state index in [-0.39, 0.29) is 17.8 Å². The van der Waals surface area contributed by atoms with Crippen LogP contribution < -0.4 is 10.5 Å². The number of nitrogen functional groups attached to an aromatic ring is 1. The average Bonchev–Trinajstić information content (AvgIpc) is 2.37. The van der Waals surface area contributed by atoms with E-state index in [9.17, 15) is 4.79 Å². The van der Waals surface area contributed by atoms with Gasteiger partial charge in [-0.15, -0.1) is 0 Å². The fourth-order valence-electron chi connectivity index (χ4n) is 2.35. The van der Waals surface area contributed by atoms with E-state index in [1.807, 2.05) is 25.1 Å². The Bertz CT molecular complexity index is 431. The van der Waals surface area contributed by atoms with Crippen LogP contribution in [0, 0.1) is 5.92 Å². The maximum absolute atomic E-state index is 11.6. The number of carbonyl (C=O) groups is 1. The topological polar surface area (TPSA) is 61.5 Å². The van der Waals surface area contributed by atoms with Crippen molar-refractivity contribution in [2.24, 2.45) is 5.92 Å². The van der Waals surface area contributed by atoms with E-state index in [0.717, 1.165) is 17.7 Å². The van der Waals surface area contributed by atoms with Gasteiger partial charge in [-0.1, -0.05) is 19.1 Å². The quantitative estimate of drug-likeness (QED) is 0.628. The Labute approximate surface area is 101 Å². The molecular weight excluding hydrogens is 218 g/mol. The summed E-state index contributed by atoms with van der Waals surface area (Å²) in [6.07, 6.45) is 0.812. The molecule has 0 saturated heterocycles. The highest BCUT2D eigenvalue weighted by molar-refractivity contribution is 5.74. The van der Waals surface area contributed by atoms with E-state index in [1.54, 1.807) is 0 Å². The number of carbonyl (C=O) groups excluding carboxylic acids is 1. The molecule has 0 amide bonds. The van der Waals surface area contributed by atoms with Crippen LogP contribution in [0.1, 0.15) is 24.8 Å². The van der Waals surface area contributed by atoms with Crippen molar-refractivity contribution in [1.29, 1.82) is 0 Å². The normalized spacial score (nSPS) is 20.0. The Balaban J connectivity index is 2.35. The van der Waals surface area contributed by atoms with Crippen molar-refractivity contribution in [3.05, 3.63) is 23.8 Å². The van der Waals surface area contributed by atoms with Gasteiger partial charge in [0.2, 0.25) is 0 Å². The van der Waals surface area contributed by atoms with Crippen molar-refractivity contribution in [3.8, 4) is 5.75 Å². The lowest BCUT2D eigenvalue weighted by Crippen LogP contribution is -2.26. The molecule has 1 aliphatic rings. The summed E-state index contributed by atoms with van der Waals surface area (Å²) in [5.41, 5.74) is 7.51. The number of benzene rings is 1. The van der Waals surface area contributed by atoms with E-state index in [1.165, 1.54) is 7.11 Å². The number of rotatable bonds is 2. The van der Waals surface area contributed by atoms with Crippen molar-refractivity contribution >= 4 is 11.7 Å². The second kappa shape index (κ2) is 4.65. The first-order valence-corrected chi connectivity index (χ1v) is 5.74. The lowest BCUT2D eigenvalue weighted by molar-refractivity contribution is -0.145. The molecule has 0 spiro atoms. The van der Waals surface area contributed by atoms with Crippen molar-refractivity contribution in [1.82, 2.24) is 0 Å². The van der Waals surface area contributed by atoms with Crippen LogP contribution in [-0.2, 0) is 9.53 Å². The second-order valence-corrected chi connectivity index (χ2v) is 4.32. The van der Waals surface area contributed by atoms with Gasteiger partial charge < -0.3 is 15.2 Å². The van der Waals surface area contributed by atoms with Crippen LogP contribution in [0.2, 0.25) is 0 Å². The Hall–Kier alpha value is -1.71. The summed E-state index contributed by atoms with van der Waals surface area (Å²) in [6, 6.07) is 5.67. The third-order valence-electron chi connectivity index (χ3n) is 3.33. The summed E-state index contributed by atoms with van der Waals surface area (Å²) in [5.74, 6) is 0.476. The van der Waals surface area contributed by atoms with Gasteiger partial charge >= 0.3 is 5.97 Å². The molecule has 92 valence electrons. The molecule has 2 unspecified atom stereocenters. The van der Waals surface area contributed by atoms with Crippen LogP contribution in [0.15, 0.2) is 18.2 Å². The number of anilines is 1. The monoisotopic (exact) mass is 235 g/mol. The molecule has 1 aromatic carbocycles. The first kappa shape index (κ1) is 11.8. The molecule has 0 fully saturated rings. The molecule has 4 heteroatoms. The SMILES string of the molecule is COC(=O)C(C)C1CCOc2c(N)cccc21. The maximum Gasteiger partial charge on any atom is 0.308 e. The van der Waals surface area contributed by atoms with Gasteiger partial charge in [-0.2, -0.15) is 0 Å². The molecule has 1 heterocycles. The number of hydrogen-bond donors (Lipinski definition) is 1. The van der Waals surface area contributed by atoms with Crippen LogP contribution >= 0.6 is 0 Å². The summed E-state index contributed by atoms with van der Waals surface area (Å²) in [6.45, 7) is 2.47. The second-order valence-electron chi connectivity index (χ2n) is 4.32. The lowest BCUT2D eigenvalue weighted by atomic mass is 9.83. The Morgan fingerprint density at radius 3 is 3.06 bits per heavy atom. The third-order valence-corrected chi connectivity index (χ3v) is 3.33. The zero-order valence-corrected chi connectivity index (χ0v) is 10.1. The minimum atomic E-state index is -0.190. The Kier molecular flexibility index (Phi) is 3.22. The number of fused-ring (bicyclic) bond motifs is 1. The summed E-state index contributed by atoms with van der Waals surface area (Å²) in [4.78, 5) is 11.6. The summed E-state index contributed by atoms with van der Waals surface area (Å²) >= 11 is 0. The van der Waals surface area contributed by atoms with Crippen LogP contribution in [0.3, 0.4) is 0 Å². The maximum atomic E-state index is 11.6. The fourth-order valence-corrected chi connectivity index (χ4v) is 2.35. The predicted molar refractivity (Wildman–Crippen MR) is 64.9 cm³/mol. The van der Waals surface area contributed by atoms with Gasteiger partial charge in [0.15, 0.2) is 0 Å². The lowest BCUT2D eigenvalue weighted by Gasteiger charge is -2.29. The minimum Gasteiger partial charge on any atom is -0.491 e. The molecule has 2 atom stereocenters. The molecule has 0 aromatic heterocycles. The first-order valence-electron chi connectivity index (χ1n) is 5.74. The number of para-hydroxylation sites is 1. The van der Waals surface area contributed by atoms with Crippen molar-refractivity contribution in [2.45, 2.75) is 19.3 Å². The summed E-state index contributed by atoms with van der Waals surface area (Å²) < 4.78 is 10.4. The highest BCUT2D eigenvalue weighted by Crippen LogP contribution is 2.41. The number of methoxy groups -OCH3 is 1. The molecule has 4 nitrogen and oxygen atoms in total. The van der Waals surface area contributed by atoms with Crippen molar-refractivity contribution < 1.29 is 14.3 Å². The average molecular weight is 235 g/mol. The van der Waals surface area contributed by atoms with E-state index < -0.39 is 0 Å². The van der Waals surface area contributed by atoms with Crippen molar-refractivity contribution in [3.63, 3.8) is 0 Å². The van der Waals surface area contributed by atoms with Crippen molar-refractivity contribution in [2.75, 3.05) is 19.5 Å². The molecule has 2 N–H and O–H groups in total. The van der Waals surface area contributed by atoms with E-state index in [0.29, 0.717) is 12.3 Å². The molecule has 0 aliphatic carbocycles. The minimum absolute atomic E-state index is 0.120. The van der Waals surface area contributed by atoms with Gasteiger partial charge in [0.05, 0.1) is 25.3 Å². The summed E-state index contributed by atoms with van der Waals surface area (Å²) in [7, 11) is 1.42. The van der Waals surface area contributed by atoms with E-state index in [4.69, 9.17) is 15.2 Å². The standard InChI is InChI=1S/C13H17NO3/c1-8(13(15)16-2)9-6-7-17-12-10(9)4-3-5-11(12)14/h3-5,8-9H,6-7,14H2,1-2H3. The molecule has 0 bridgehead atoms. The molecule has 0 saturated carbocycles. The van der Waals surface area contributed by atoms with E-state index >= 15 is 0 Å². The van der Waals surface area contributed by atoms with Gasteiger partial charge in [0.1, 0.15) is 5.75 Å². The predicted octanol–water partition coefficient (Wildman–Crippen LogP) is 1.94. The number of nitrogens with two attached hydrogens (primary N) is 1. The molecule has 1 aliphatic heterocycles.